The van der Waals surface area contributed by atoms with E-state index in [0.29, 0.717) is 12.8 Å². The predicted molar refractivity (Wildman–Crippen MR) is 76.4 cm³/mol. The summed E-state index contributed by atoms with van der Waals surface area (Å²) in [4.78, 5) is 24.0. The van der Waals surface area contributed by atoms with Gasteiger partial charge in [-0.3, -0.25) is 9.59 Å². The topological polar surface area (TPSA) is 78.4 Å². The maximum Gasteiger partial charge on any atom is 0.311 e. The lowest BCUT2D eigenvalue weighted by atomic mass is 9.74. The van der Waals surface area contributed by atoms with E-state index in [2.05, 4.69) is 10.6 Å². The Labute approximate surface area is 120 Å². The second-order valence-corrected chi connectivity index (χ2v) is 6.29. The van der Waals surface area contributed by atoms with Crippen molar-refractivity contribution >= 4 is 11.9 Å². The fourth-order valence-electron chi connectivity index (χ4n) is 3.58. The smallest absolute Gasteiger partial charge is 0.311 e. The third-order valence-corrected chi connectivity index (χ3v) is 5.13. The van der Waals surface area contributed by atoms with E-state index in [-0.39, 0.29) is 12.5 Å². The van der Waals surface area contributed by atoms with Gasteiger partial charge in [0.05, 0.1) is 11.0 Å². The average Bonchev–Trinajstić information content (AvgIpc) is 2.95. The lowest BCUT2D eigenvalue weighted by molar-refractivity contribution is -0.151. The number of amides is 1. The number of hydrogen-bond donors (Lipinski definition) is 3. The summed E-state index contributed by atoms with van der Waals surface area (Å²) in [5, 5.41) is 15.7. The number of carbonyl (C=O) groups is 2. The largest absolute Gasteiger partial charge is 0.481 e. The van der Waals surface area contributed by atoms with Crippen LogP contribution < -0.4 is 10.6 Å². The normalized spacial score (nSPS) is 29.1. The van der Waals surface area contributed by atoms with Gasteiger partial charge < -0.3 is 15.7 Å². The molecule has 1 unspecified atom stereocenters. The maximum atomic E-state index is 12.4. The highest BCUT2D eigenvalue weighted by Gasteiger charge is 2.43. The Morgan fingerprint density at radius 3 is 2.35 bits per heavy atom. The molecule has 0 aromatic heterocycles. The molecular formula is C15H26N2O3. The first-order valence-corrected chi connectivity index (χ1v) is 7.81. The Balaban J connectivity index is 1.98. The lowest BCUT2D eigenvalue weighted by Crippen LogP contribution is -2.56. The molecule has 3 N–H and O–H groups in total. The third kappa shape index (κ3) is 2.82. The SMILES string of the molecule is CCC1(C(=O)NCC2(C(=O)O)CCCCC2)CCCN1. The summed E-state index contributed by atoms with van der Waals surface area (Å²) in [7, 11) is 0. The molecule has 1 aliphatic heterocycles. The van der Waals surface area contributed by atoms with Crippen molar-refractivity contribution in [3.63, 3.8) is 0 Å². The molecule has 5 nitrogen and oxygen atoms in total. The van der Waals surface area contributed by atoms with Gasteiger partial charge in [0, 0.05) is 6.54 Å². The summed E-state index contributed by atoms with van der Waals surface area (Å²) < 4.78 is 0. The Bertz CT molecular complexity index is 369. The first-order chi connectivity index (χ1) is 9.55. The van der Waals surface area contributed by atoms with Crippen LogP contribution >= 0.6 is 0 Å². The summed E-state index contributed by atoms with van der Waals surface area (Å²) in [5.74, 6) is -0.786. The molecule has 2 aliphatic rings. The summed E-state index contributed by atoms with van der Waals surface area (Å²) in [6.45, 7) is 3.14. The first-order valence-electron chi connectivity index (χ1n) is 7.81. The van der Waals surface area contributed by atoms with Crippen LogP contribution in [0.2, 0.25) is 0 Å². The van der Waals surface area contributed by atoms with Gasteiger partial charge in [0.1, 0.15) is 0 Å². The van der Waals surface area contributed by atoms with Gasteiger partial charge in [0.25, 0.3) is 0 Å². The van der Waals surface area contributed by atoms with Crippen molar-refractivity contribution in [1.82, 2.24) is 10.6 Å². The van der Waals surface area contributed by atoms with Crippen LogP contribution in [0.5, 0.6) is 0 Å². The second kappa shape index (κ2) is 6.12. The average molecular weight is 282 g/mol. The molecule has 1 atom stereocenters. The van der Waals surface area contributed by atoms with Crippen molar-refractivity contribution in [2.75, 3.05) is 13.1 Å². The van der Waals surface area contributed by atoms with Crippen molar-refractivity contribution in [3.05, 3.63) is 0 Å². The number of aliphatic carboxylic acids is 1. The Hall–Kier alpha value is -1.10. The molecule has 0 aromatic carbocycles. The van der Waals surface area contributed by atoms with Crippen molar-refractivity contribution < 1.29 is 14.7 Å². The number of carbonyl (C=O) groups excluding carboxylic acids is 1. The molecule has 1 amide bonds. The second-order valence-electron chi connectivity index (χ2n) is 6.29. The van der Waals surface area contributed by atoms with Crippen LogP contribution in [-0.2, 0) is 9.59 Å². The van der Waals surface area contributed by atoms with E-state index in [9.17, 15) is 14.7 Å². The molecule has 0 radical (unpaired) electrons. The quantitative estimate of drug-likeness (QED) is 0.717. The fourth-order valence-corrected chi connectivity index (χ4v) is 3.58. The highest BCUT2D eigenvalue weighted by Crippen LogP contribution is 2.36. The zero-order valence-corrected chi connectivity index (χ0v) is 12.3. The lowest BCUT2D eigenvalue weighted by Gasteiger charge is -2.35. The molecule has 1 aliphatic carbocycles. The third-order valence-electron chi connectivity index (χ3n) is 5.13. The summed E-state index contributed by atoms with van der Waals surface area (Å²) in [6.07, 6.45) is 6.94. The van der Waals surface area contributed by atoms with Gasteiger partial charge in [-0.1, -0.05) is 26.2 Å². The molecule has 2 rings (SSSR count). The molecular weight excluding hydrogens is 256 g/mol. The molecule has 20 heavy (non-hydrogen) atoms. The van der Waals surface area contributed by atoms with Crippen molar-refractivity contribution in [2.45, 2.75) is 63.8 Å². The summed E-state index contributed by atoms with van der Waals surface area (Å²) in [6, 6.07) is 0. The molecule has 114 valence electrons. The molecule has 2 fully saturated rings. The molecule has 1 saturated heterocycles. The van der Waals surface area contributed by atoms with Crippen molar-refractivity contribution in [2.24, 2.45) is 5.41 Å². The van der Waals surface area contributed by atoms with Crippen LogP contribution in [0, 0.1) is 5.41 Å². The van der Waals surface area contributed by atoms with Crippen LogP contribution in [0.3, 0.4) is 0 Å². The van der Waals surface area contributed by atoms with Gasteiger partial charge >= 0.3 is 5.97 Å². The monoisotopic (exact) mass is 282 g/mol. The molecule has 0 aromatic rings. The van der Waals surface area contributed by atoms with E-state index in [4.69, 9.17) is 0 Å². The number of nitrogens with one attached hydrogen (secondary N) is 2. The summed E-state index contributed by atoms with van der Waals surface area (Å²) in [5.41, 5.74) is -1.23. The predicted octanol–water partition coefficient (Wildman–Crippen LogP) is 1.67. The van der Waals surface area contributed by atoms with Crippen LogP contribution in [0.1, 0.15) is 58.3 Å². The van der Waals surface area contributed by atoms with Crippen LogP contribution in [0.25, 0.3) is 0 Å². The molecule has 0 spiro atoms. The highest BCUT2D eigenvalue weighted by atomic mass is 16.4. The van der Waals surface area contributed by atoms with E-state index in [1.54, 1.807) is 0 Å². The van der Waals surface area contributed by atoms with Gasteiger partial charge in [-0.2, -0.15) is 0 Å². The van der Waals surface area contributed by atoms with E-state index in [1.165, 1.54) is 0 Å². The van der Waals surface area contributed by atoms with Gasteiger partial charge in [-0.25, -0.2) is 0 Å². The Kier molecular flexibility index (Phi) is 4.68. The highest BCUT2D eigenvalue weighted by molar-refractivity contribution is 5.87. The van der Waals surface area contributed by atoms with Crippen LogP contribution in [-0.4, -0.2) is 35.6 Å². The van der Waals surface area contributed by atoms with E-state index < -0.39 is 16.9 Å². The molecule has 5 heteroatoms. The molecule has 1 heterocycles. The number of carboxylic acids is 1. The summed E-state index contributed by atoms with van der Waals surface area (Å²) >= 11 is 0. The molecule has 1 saturated carbocycles. The van der Waals surface area contributed by atoms with E-state index >= 15 is 0 Å². The first kappa shape index (κ1) is 15.3. The minimum absolute atomic E-state index is 0.0244. The standard InChI is InChI=1S/C15H26N2O3/c1-2-15(9-6-10-17-15)12(18)16-11-14(13(19)20)7-4-3-5-8-14/h17H,2-11H2,1H3,(H,16,18)(H,19,20). The zero-order chi connectivity index (χ0) is 14.6. The minimum atomic E-state index is -0.762. The van der Waals surface area contributed by atoms with E-state index in [1.807, 2.05) is 6.92 Å². The van der Waals surface area contributed by atoms with Gasteiger partial charge in [-0.05, 0) is 38.6 Å². The van der Waals surface area contributed by atoms with Gasteiger partial charge in [0.15, 0.2) is 0 Å². The van der Waals surface area contributed by atoms with Gasteiger partial charge in [-0.15, -0.1) is 0 Å². The Morgan fingerprint density at radius 2 is 1.85 bits per heavy atom. The number of rotatable bonds is 5. The number of carboxylic acid groups (broad SMARTS) is 1. The van der Waals surface area contributed by atoms with E-state index in [0.717, 1.165) is 45.1 Å². The van der Waals surface area contributed by atoms with Gasteiger partial charge in [0.2, 0.25) is 5.91 Å². The maximum absolute atomic E-state index is 12.4. The minimum Gasteiger partial charge on any atom is -0.481 e. The zero-order valence-electron chi connectivity index (χ0n) is 12.3. The van der Waals surface area contributed by atoms with Crippen molar-refractivity contribution in [1.29, 1.82) is 0 Å². The van der Waals surface area contributed by atoms with Crippen LogP contribution in [0.4, 0.5) is 0 Å². The Morgan fingerprint density at radius 1 is 1.15 bits per heavy atom. The molecule has 0 bridgehead atoms. The fraction of sp³-hybridized carbons (Fsp3) is 0.867. The number of hydrogen-bond acceptors (Lipinski definition) is 3. The van der Waals surface area contributed by atoms with Crippen LogP contribution in [0.15, 0.2) is 0 Å². The van der Waals surface area contributed by atoms with Crippen molar-refractivity contribution in [3.8, 4) is 0 Å².